The topological polar surface area (TPSA) is 70.9 Å². The first-order chi connectivity index (χ1) is 14.1. The van der Waals surface area contributed by atoms with Crippen LogP contribution in [0.15, 0.2) is 35.7 Å². The molecule has 0 aliphatic carbocycles. The smallest absolute Gasteiger partial charge is 0.246 e. The van der Waals surface area contributed by atoms with E-state index in [1.54, 1.807) is 25.7 Å². The molecule has 152 valence electrons. The van der Waals surface area contributed by atoms with Gasteiger partial charge in [0.05, 0.1) is 25.5 Å². The Hall–Kier alpha value is -3.10. The number of methoxy groups -OCH3 is 1. The van der Waals surface area contributed by atoms with Gasteiger partial charge in [-0.25, -0.2) is 23.8 Å². The summed E-state index contributed by atoms with van der Waals surface area (Å²) in [7, 11) is 1.55. The summed E-state index contributed by atoms with van der Waals surface area (Å²) in [6.45, 7) is 1.25. The van der Waals surface area contributed by atoms with Crippen molar-refractivity contribution in [2.24, 2.45) is 11.0 Å². The van der Waals surface area contributed by atoms with E-state index in [2.05, 4.69) is 15.1 Å². The molecule has 0 spiro atoms. The molecule has 1 amide bonds. The van der Waals surface area contributed by atoms with E-state index in [0.29, 0.717) is 44.0 Å². The number of benzene rings is 1. The molecule has 29 heavy (non-hydrogen) atoms. The summed E-state index contributed by atoms with van der Waals surface area (Å²) in [6, 6.07) is 2.68. The highest BCUT2D eigenvalue weighted by molar-refractivity contribution is 5.82. The molecule has 2 aliphatic heterocycles. The van der Waals surface area contributed by atoms with Gasteiger partial charge in [-0.15, -0.1) is 0 Å². The third-order valence-corrected chi connectivity index (χ3v) is 5.35. The maximum Gasteiger partial charge on any atom is 0.246 e. The Morgan fingerprint density at radius 2 is 1.90 bits per heavy atom. The number of rotatable bonds is 4. The number of halogens is 2. The van der Waals surface area contributed by atoms with Crippen molar-refractivity contribution in [1.29, 1.82) is 0 Å². The summed E-state index contributed by atoms with van der Waals surface area (Å²) >= 11 is 0. The van der Waals surface area contributed by atoms with Crippen LogP contribution < -0.4 is 9.64 Å². The van der Waals surface area contributed by atoms with E-state index >= 15 is 0 Å². The van der Waals surface area contributed by atoms with Crippen molar-refractivity contribution >= 4 is 18.1 Å². The molecule has 3 heterocycles. The lowest BCUT2D eigenvalue weighted by Crippen LogP contribution is -2.41. The number of ether oxygens (including phenoxy) is 1. The largest absolute Gasteiger partial charge is 0.494 e. The van der Waals surface area contributed by atoms with Gasteiger partial charge < -0.3 is 9.64 Å². The molecule has 0 radical (unpaired) electrons. The predicted molar refractivity (Wildman–Crippen MR) is 103 cm³/mol. The number of anilines is 1. The maximum absolute atomic E-state index is 14.2. The van der Waals surface area contributed by atoms with E-state index in [9.17, 15) is 13.6 Å². The second kappa shape index (κ2) is 8.10. The Labute approximate surface area is 167 Å². The predicted octanol–water partition coefficient (Wildman–Crippen LogP) is 2.94. The van der Waals surface area contributed by atoms with Gasteiger partial charge in [0.15, 0.2) is 5.75 Å². The average molecular weight is 401 g/mol. The molecule has 1 unspecified atom stereocenters. The quantitative estimate of drug-likeness (QED) is 0.788. The highest BCUT2D eigenvalue weighted by atomic mass is 19.1. The molecule has 1 atom stereocenters. The van der Waals surface area contributed by atoms with Gasteiger partial charge in [0.25, 0.3) is 0 Å². The number of nitrogens with zero attached hydrogens (tertiary/aromatic N) is 5. The van der Waals surface area contributed by atoms with Crippen LogP contribution in [-0.2, 0) is 4.79 Å². The number of carbonyl (C=O) groups excluding carboxylic acids is 1. The normalized spacial score (nSPS) is 19.6. The molecule has 4 rings (SSSR count). The van der Waals surface area contributed by atoms with Crippen LogP contribution in [0.5, 0.6) is 5.75 Å². The fraction of sp³-hybridized carbons (Fsp3) is 0.400. The van der Waals surface area contributed by atoms with Gasteiger partial charge >= 0.3 is 0 Å². The lowest BCUT2D eigenvalue weighted by atomic mass is 9.94. The highest BCUT2D eigenvalue weighted by Crippen LogP contribution is 2.33. The summed E-state index contributed by atoms with van der Waals surface area (Å²) in [5, 5.41) is 5.46. The summed E-state index contributed by atoms with van der Waals surface area (Å²) in [5.41, 5.74) is 0.153. The molecule has 2 aliphatic rings. The Bertz CT molecular complexity index is 914. The van der Waals surface area contributed by atoms with Crippen molar-refractivity contribution in [3.05, 3.63) is 47.8 Å². The minimum atomic E-state index is -0.610. The van der Waals surface area contributed by atoms with Gasteiger partial charge in [-0.2, -0.15) is 5.10 Å². The van der Waals surface area contributed by atoms with Crippen molar-refractivity contribution in [3.8, 4) is 5.75 Å². The Kier molecular flexibility index (Phi) is 5.37. The van der Waals surface area contributed by atoms with Gasteiger partial charge in [-0.05, 0) is 31.0 Å². The zero-order chi connectivity index (χ0) is 20.4. The number of amides is 1. The number of hydrogen-bond donors (Lipinski definition) is 0. The number of hydrazone groups is 1. The van der Waals surface area contributed by atoms with Crippen LogP contribution in [0.3, 0.4) is 0 Å². The van der Waals surface area contributed by atoms with E-state index in [1.807, 2.05) is 4.90 Å². The second-order valence-electron chi connectivity index (χ2n) is 7.08. The summed E-state index contributed by atoms with van der Waals surface area (Å²) in [4.78, 5) is 23.6. The lowest BCUT2D eigenvalue weighted by Gasteiger charge is -2.33. The van der Waals surface area contributed by atoms with Crippen molar-refractivity contribution in [1.82, 2.24) is 15.0 Å². The lowest BCUT2D eigenvalue weighted by molar-refractivity contribution is -0.138. The van der Waals surface area contributed by atoms with Crippen molar-refractivity contribution in [2.45, 2.75) is 25.3 Å². The maximum atomic E-state index is 14.2. The number of carbonyl (C=O) groups is 1. The molecular formula is C20H21F2N5O2. The van der Waals surface area contributed by atoms with E-state index in [1.165, 1.54) is 5.01 Å². The molecule has 0 N–H and O–H groups in total. The monoisotopic (exact) mass is 401 g/mol. The Morgan fingerprint density at radius 1 is 1.17 bits per heavy atom. The number of hydrogen-bond acceptors (Lipinski definition) is 6. The van der Waals surface area contributed by atoms with Crippen molar-refractivity contribution in [3.63, 3.8) is 0 Å². The van der Waals surface area contributed by atoms with Crippen LogP contribution in [-0.4, -0.2) is 47.3 Å². The van der Waals surface area contributed by atoms with Gasteiger partial charge in [-0.3, -0.25) is 4.79 Å². The van der Waals surface area contributed by atoms with E-state index < -0.39 is 17.7 Å². The first-order valence-corrected chi connectivity index (χ1v) is 9.48. The molecular weight excluding hydrogens is 380 g/mol. The van der Waals surface area contributed by atoms with Gasteiger partial charge in [-0.1, -0.05) is 0 Å². The summed E-state index contributed by atoms with van der Waals surface area (Å²) < 4.78 is 32.9. The average Bonchev–Trinajstić information content (AvgIpc) is 3.25. The molecule has 2 aromatic rings. The molecule has 7 nitrogen and oxygen atoms in total. The van der Waals surface area contributed by atoms with Gasteiger partial charge in [0.2, 0.25) is 11.9 Å². The molecule has 0 saturated carbocycles. The fourth-order valence-corrected chi connectivity index (χ4v) is 3.75. The molecule has 1 saturated heterocycles. The van der Waals surface area contributed by atoms with Crippen LogP contribution in [0, 0.1) is 17.6 Å². The number of aromatic nitrogens is 2. The standard InChI is InChI=1S/C20H21F2N5O2/c1-29-15-11-23-20(24-12-15)26-8-5-13(6-9-26)19(28)27-18(4-7-25-27)16-10-14(21)2-3-17(16)22/h2-3,7,10-13,18H,4-6,8-9H2,1H3. The zero-order valence-electron chi connectivity index (χ0n) is 16.0. The zero-order valence-corrected chi connectivity index (χ0v) is 16.0. The van der Waals surface area contributed by atoms with E-state index in [0.717, 1.165) is 18.2 Å². The van der Waals surface area contributed by atoms with Crippen molar-refractivity contribution in [2.75, 3.05) is 25.1 Å². The Balaban J connectivity index is 1.42. The summed E-state index contributed by atoms with van der Waals surface area (Å²) in [6.07, 6.45) is 6.38. The first kappa shape index (κ1) is 19.2. The molecule has 0 bridgehead atoms. The van der Waals surface area contributed by atoms with Crippen LogP contribution in [0.25, 0.3) is 0 Å². The minimum absolute atomic E-state index is 0.153. The molecule has 1 aromatic carbocycles. The molecule has 1 fully saturated rings. The minimum Gasteiger partial charge on any atom is -0.494 e. The highest BCUT2D eigenvalue weighted by Gasteiger charge is 2.36. The van der Waals surface area contributed by atoms with E-state index in [4.69, 9.17) is 4.74 Å². The van der Waals surface area contributed by atoms with Crippen LogP contribution >= 0.6 is 0 Å². The fourth-order valence-electron chi connectivity index (χ4n) is 3.75. The van der Waals surface area contributed by atoms with Crippen LogP contribution in [0.2, 0.25) is 0 Å². The van der Waals surface area contributed by atoms with Gasteiger partial charge in [0, 0.05) is 37.2 Å². The van der Waals surface area contributed by atoms with Crippen LogP contribution in [0.1, 0.15) is 30.9 Å². The van der Waals surface area contributed by atoms with Crippen molar-refractivity contribution < 1.29 is 18.3 Å². The van der Waals surface area contributed by atoms with Gasteiger partial charge in [0.1, 0.15) is 11.6 Å². The third-order valence-electron chi connectivity index (χ3n) is 5.35. The SMILES string of the molecule is COc1cnc(N2CCC(C(=O)N3N=CCC3c3cc(F)ccc3F)CC2)nc1. The van der Waals surface area contributed by atoms with Crippen LogP contribution in [0.4, 0.5) is 14.7 Å². The number of piperidine rings is 1. The third kappa shape index (κ3) is 3.90. The molecule has 9 heteroatoms. The van der Waals surface area contributed by atoms with E-state index in [-0.39, 0.29) is 17.4 Å². The molecule has 1 aromatic heterocycles. The Morgan fingerprint density at radius 3 is 2.59 bits per heavy atom. The first-order valence-electron chi connectivity index (χ1n) is 9.48. The second-order valence-corrected chi connectivity index (χ2v) is 7.08. The summed E-state index contributed by atoms with van der Waals surface area (Å²) in [5.74, 6) is -0.293.